The Morgan fingerprint density at radius 1 is 1.14 bits per heavy atom. The van der Waals surface area contributed by atoms with Crippen LogP contribution in [0.2, 0.25) is 0 Å². The molecule has 150 valence electrons. The molecule has 0 spiro atoms. The highest BCUT2D eigenvalue weighted by atomic mass is 16.5. The van der Waals surface area contributed by atoms with Crippen molar-refractivity contribution >= 4 is 28.9 Å². The second-order valence-electron chi connectivity index (χ2n) is 6.31. The molecule has 1 heterocycles. The molecule has 29 heavy (non-hydrogen) atoms. The van der Waals surface area contributed by atoms with Crippen molar-refractivity contribution in [3.63, 3.8) is 0 Å². The van der Waals surface area contributed by atoms with Crippen LogP contribution in [0, 0.1) is 0 Å². The molecule has 0 atom stereocenters. The molecule has 8 nitrogen and oxygen atoms in total. The van der Waals surface area contributed by atoms with Crippen molar-refractivity contribution in [1.29, 1.82) is 0 Å². The van der Waals surface area contributed by atoms with E-state index in [0.717, 1.165) is 16.5 Å². The van der Waals surface area contributed by atoms with Crippen LogP contribution in [0.3, 0.4) is 0 Å². The third kappa shape index (κ3) is 4.73. The van der Waals surface area contributed by atoms with Gasteiger partial charge in [-0.15, -0.1) is 0 Å². The van der Waals surface area contributed by atoms with E-state index in [1.54, 1.807) is 24.4 Å². The van der Waals surface area contributed by atoms with E-state index in [2.05, 4.69) is 10.5 Å². The van der Waals surface area contributed by atoms with Gasteiger partial charge in [0.2, 0.25) is 5.91 Å². The van der Waals surface area contributed by atoms with Crippen LogP contribution >= 0.6 is 0 Å². The summed E-state index contributed by atoms with van der Waals surface area (Å²) in [4.78, 5) is 23.5. The Bertz CT molecular complexity index is 1050. The van der Waals surface area contributed by atoms with Crippen LogP contribution in [-0.2, 0) is 11.3 Å². The first-order valence-corrected chi connectivity index (χ1v) is 8.94. The van der Waals surface area contributed by atoms with E-state index in [0.29, 0.717) is 23.6 Å². The molecule has 2 amide bonds. The molecule has 0 saturated heterocycles. The fourth-order valence-corrected chi connectivity index (χ4v) is 2.96. The first-order chi connectivity index (χ1) is 14.0. The smallest absolute Gasteiger partial charge is 0.271 e. The van der Waals surface area contributed by atoms with E-state index in [4.69, 9.17) is 15.2 Å². The number of nitrogens with zero attached hydrogens (tertiary/aromatic N) is 2. The fraction of sp³-hybridized carbons (Fsp3) is 0.190. The molecule has 0 bridgehead atoms. The minimum Gasteiger partial charge on any atom is -0.497 e. The average molecular weight is 394 g/mol. The van der Waals surface area contributed by atoms with Crippen LogP contribution < -0.4 is 20.6 Å². The predicted molar refractivity (Wildman–Crippen MR) is 110 cm³/mol. The number of rotatable bonds is 8. The summed E-state index contributed by atoms with van der Waals surface area (Å²) in [6, 6.07) is 12.6. The van der Waals surface area contributed by atoms with Gasteiger partial charge in [-0.3, -0.25) is 9.59 Å². The Balaban J connectivity index is 1.79. The van der Waals surface area contributed by atoms with E-state index in [-0.39, 0.29) is 12.3 Å². The minimum atomic E-state index is -0.393. The maximum absolute atomic E-state index is 12.4. The van der Waals surface area contributed by atoms with Gasteiger partial charge in [-0.1, -0.05) is 18.2 Å². The number of hydrazone groups is 1. The van der Waals surface area contributed by atoms with Gasteiger partial charge in [0.25, 0.3) is 5.91 Å². The number of ether oxygens (including phenoxy) is 2. The number of carbonyl (C=O) groups is 2. The minimum absolute atomic E-state index is 0.240. The molecule has 8 heteroatoms. The van der Waals surface area contributed by atoms with Crippen molar-refractivity contribution in [1.82, 2.24) is 9.99 Å². The van der Waals surface area contributed by atoms with Gasteiger partial charge in [-0.25, -0.2) is 5.43 Å². The zero-order chi connectivity index (χ0) is 20.8. The van der Waals surface area contributed by atoms with E-state index in [1.807, 2.05) is 35.0 Å². The number of nitrogens with two attached hydrogens (primary N) is 1. The second kappa shape index (κ2) is 8.92. The van der Waals surface area contributed by atoms with Gasteiger partial charge in [-0.05, 0) is 18.2 Å². The summed E-state index contributed by atoms with van der Waals surface area (Å²) in [6.07, 6.45) is 3.68. The number of hydrogen-bond donors (Lipinski definition) is 2. The number of benzene rings is 2. The van der Waals surface area contributed by atoms with Gasteiger partial charge in [0, 0.05) is 47.3 Å². The molecule has 1 aromatic heterocycles. The summed E-state index contributed by atoms with van der Waals surface area (Å²) in [5.41, 5.74) is 9.90. The molecule has 0 saturated carbocycles. The number of nitrogens with one attached hydrogen (secondary N) is 1. The number of hydrogen-bond acceptors (Lipinski definition) is 5. The molecule has 0 unspecified atom stereocenters. The lowest BCUT2D eigenvalue weighted by atomic mass is 10.2. The maximum atomic E-state index is 12.4. The molecule has 0 aliphatic rings. The lowest BCUT2D eigenvalue weighted by Crippen LogP contribution is -2.17. The Morgan fingerprint density at radius 2 is 1.83 bits per heavy atom. The Hall–Kier alpha value is -3.81. The summed E-state index contributed by atoms with van der Waals surface area (Å²) in [5.74, 6) is 0.266. The van der Waals surface area contributed by atoms with Gasteiger partial charge < -0.3 is 19.8 Å². The monoisotopic (exact) mass is 394 g/mol. The third-order valence-electron chi connectivity index (χ3n) is 4.40. The molecule has 0 fully saturated rings. The molecular weight excluding hydrogens is 372 g/mol. The Labute approximate surface area is 167 Å². The lowest BCUT2D eigenvalue weighted by Gasteiger charge is -2.07. The zero-order valence-corrected chi connectivity index (χ0v) is 16.2. The molecular formula is C21H22N4O4. The van der Waals surface area contributed by atoms with E-state index in [1.165, 1.54) is 14.2 Å². The number of primary amides is 1. The van der Waals surface area contributed by atoms with Crippen molar-refractivity contribution in [2.75, 3.05) is 14.2 Å². The zero-order valence-electron chi connectivity index (χ0n) is 16.2. The molecule has 3 rings (SSSR count). The van der Waals surface area contributed by atoms with Crippen LogP contribution in [0.15, 0.2) is 53.8 Å². The number of para-hydroxylation sites is 1. The molecule has 0 radical (unpaired) electrons. The standard InChI is InChI=1S/C21H22N4O4/c1-28-16-9-14(10-17(11-16)29-2)21(27)24-23-12-15-13-25(8-7-20(22)26)19-6-4-3-5-18(15)19/h3-6,9-13H,7-8H2,1-2H3,(H2,22,26)(H,24,27)/b23-12-. The van der Waals surface area contributed by atoms with Crippen LogP contribution in [0.5, 0.6) is 11.5 Å². The van der Waals surface area contributed by atoms with E-state index in [9.17, 15) is 9.59 Å². The highest BCUT2D eigenvalue weighted by molar-refractivity contribution is 6.00. The van der Waals surface area contributed by atoms with Crippen molar-refractivity contribution in [3.8, 4) is 11.5 Å². The molecule has 0 aliphatic carbocycles. The van der Waals surface area contributed by atoms with Crippen molar-refractivity contribution < 1.29 is 19.1 Å². The van der Waals surface area contributed by atoms with Gasteiger partial charge >= 0.3 is 0 Å². The lowest BCUT2D eigenvalue weighted by molar-refractivity contribution is -0.118. The largest absolute Gasteiger partial charge is 0.497 e. The fourth-order valence-electron chi connectivity index (χ4n) is 2.96. The van der Waals surface area contributed by atoms with Gasteiger partial charge in [0.05, 0.1) is 20.4 Å². The van der Waals surface area contributed by atoms with E-state index >= 15 is 0 Å². The van der Waals surface area contributed by atoms with Crippen LogP contribution in [0.25, 0.3) is 10.9 Å². The first kappa shape index (κ1) is 19.9. The van der Waals surface area contributed by atoms with Crippen LogP contribution in [0.4, 0.5) is 0 Å². The van der Waals surface area contributed by atoms with Crippen molar-refractivity contribution in [2.45, 2.75) is 13.0 Å². The highest BCUT2D eigenvalue weighted by Gasteiger charge is 2.10. The predicted octanol–water partition coefficient (Wildman–Crippen LogP) is 2.30. The van der Waals surface area contributed by atoms with Crippen LogP contribution in [0.1, 0.15) is 22.3 Å². The topological polar surface area (TPSA) is 108 Å². The summed E-state index contributed by atoms with van der Waals surface area (Å²) in [6.45, 7) is 0.472. The quantitative estimate of drug-likeness (QED) is 0.451. The number of amides is 2. The molecule has 2 aromatic carbocycles. The maximum Gasteiger partial charge on any atom is 0.271 e. The molecule has 3 N–H and O–H groups in total. The molecule has 0 aliphatic heterocycles. The summed E-state index contributed by atoms with van der Waals surface area (Å²) < 4.78 is 12.3. The second-order valence-corrected chi connectivity index (χ2v) is 6.31. The van der Waals surface area contributed by atoms with Gasteiger partial charge in [0.15, 0.2) is 0 Å². The summed E-state index contributed by atoms with van der Waals surface area (Å²) in [7, 11) is 3.03. The highest BCUT2D eigenvalue weighted by Crippen LogP contribution is 2.23. The van der Waals surface area contributed by atoms with Gasteiger partial charge in [-0.2, -0.15) is 5.10 Å². The van der Waals surface area contributed by atoms with Crippen LogP contribution in [-0.4, -0.2) is 36.8 Å². The number of fused-ring (bicyclic) bond motifs is 1. The van der Waals surface area contributed by atoms with Crippen molar-refractivity contribution in [2.24, 2.45) is 10.8 Å². The summed E-state index contributed by atoms with van der Waals surface area (Å²) >= 11 is 0. The number of aromatic nitrogens is 1. The van der Waals surface area contributed by atoms with Gasteiger partial charge in [0.1, 0.15) is 11.5 Å². The normalized spacial score (nSPS) is 11.0. The first-order valence-electron chi connectivity index (χ1n) is 8.94. The number of methoxy groups -OCH3 is 2. The number of aryl methyl sites for hydroxylation is 1. The van der Waals surface area contributed by atoms with Crippen molar-refractivity contribution in [3.05, 3.63) is 59.8 Å². The molecule has 3 aromatic rings. The van der Waals surface area contributed by atoms with E-state index < -0.39 is 5.91 Å². The Kier molecular flexibility index (Phi) is 6.13. The Morgan fingerprint density at radius 3 is 2.48 bits per heavy atom. The average Bonchev–Trinajstić information content (AvgIpc) is 3.09. The number of carbonyl (C=O) groups excluding carboxylic acids is 2. The summed E-state index contributed by atoms with van der Waals surface area (Å²) in [5, 5.41) is 5.03. The SMILES string of the molecule is COc1cc(OC)cc(C(=O)N/N=C\c2cn(CCC(N)=O)c3ccccc23)c1. The third-order valence-corrected chi connectivity index (χ3v) is 4.40.